The Labute approximate surface area is 179 Å². The molecule has 2 fully saturated rings. The van der Waals surface area contributed by atoms with Gasteiger partial charge in [-0.2, -0.15) is 5.10 Å². The lowest BCUT2D eigenvalue weighted by molar-refractivity contribution is -0.117. The van der Waals surface area contributed by atoms with E-state index in [1.54, 1.807) is 6.20 Å². The molecule has 160 valence electrons. The highest BCUT2D eigenvalue weighted by Gasteiger charge is 2.27. The first kappa shape index (κ1) is 20.6. The van der Waals surface area contributed by atoms with Crippen LogP contribution in [0.4, 0.5) is 17.2 Å². The number of piperidine rings is 1. The van der Waals surface area contributed by atoms with Crippen molar-refractivity contribution >= 4 is 23.1 Å². The van der Waals surface area contributed by atoms with Crippen LogP contribution in [0.3, 0.4) is 0 Å². The molecule has 2 aromatic rings. The topological polar surface area (TPSA) is 64.6 Å². The van der Waals surface area contributed by atoms with E-state index in [4.69, 9.17) is 0 Å². The Morgan fingerprint density at radius 2 is 1.90 bits per heavy atom. The molecule has 0 bridgehead atoms. The molecule has 0 spiro atoms. The summed E-state index contributed by atoms with van der Waals surface area (Å²) in [6, 6.07) is 12.5. The molecule has 1 unspecified atom stereocenters. The number of anilines is 3. The summed E-state index contributed by atoms with van der Waals surface area (Å²) in [6.45, 7) is 4.45. The van der Waals surface area contributed by atoms with Gasteiger partial charge >= 0.3 is 0 Å². The molecule has 30 heavy (non-hydrogen) atoms. The van der Waals surface area contributed by atoms with Gasteiger partial charge in [-0.1, -0.05) is 0 Å². The predicted octanol–water partition coefficient (Wildman–Crippen LogP) is 3.01. The lowest BCUT2D eigenvalue weighted by Crippen LogP contribution is -2.42. The zero-order valence-electron chi connectivity index (χ0n) is 17.8. The molecule has 7 nitrogen and oxygen atoms in total. The van der Waals surface area contributed by atoms with E-state index >= 15 is 0 Å². The van der Waals surface area contributed by atoms with E-state index in [9.17, 15) is 4.79 Å². The maximum Gasteiger partial charge on any atom is 0.238 e. The van der Waals surface area contributed by atoms with Crippen LogP contribution in [0.15, 0.2) is 42.6 Å². The Hall–Kier alpha value is -2.67. The molecule has 3 heterocycles. The zero-order valence-corrected chi connectivity index (χ0v) is 17.8. The largest absolute Gasteiger partial charge is 0.372 e. The molecule has 1 N–H and O–H groups in total. The first-order chi connectivity index (χ1) is 14.7. The molecule has 4 rings (SSSR count). The van der Waals surface area contributed by atoms with Crippen LogP contribution in [0.25, 0.3) is 0 Å². The van der Waals surface area contributed by atoms with Gasteiger partial charge in [0.25, 0.3) is 0 Å². The Bertz CT molecular complexity index is 806. The number of carbonyl (C=O) groups excluding carboxylic acids is 1. The van der Waals surface area contributed by atoms with Crippen LogP contribution in [-0.2, 0) is 4.79 Å². The molecule has 7 heteroatoms. The average molecular weight is 409 g/mol. The minimum absolute atomic E-state index is 0.0206. The van der Waals surface area contributed by atoms with Crippen LogP contribution < -0.4 is 15.1 Å². The highest BCUT2D eigenvalue weighted by atomic mass is 16.2. The third-order valence-corrected chi connectivity index (χ3v) is 6.04. The van der Waals surface area contributed by atoms with Crippen LogP contribution >= 0.6 is 0 Å². The van der Waals surface area contributed by atoms with Crippen LogP contribution in [0.1, 0.15) is 32.1 Å². The molecule has 0 saturated carbocycles. The predicted molar refractivity (Wildman–Crippen MR) is 121 cm³/mol. The number of amides is 1. The average Bonchev–Trinajstić information content (AvgIpc) is 3.23. The van der Waals surface area contributed by atoms with Gasteiger partial charge in [-0.25, -0.2) is 0 Å². The molecule has 0 aliphatic carbocycles. The van der Waals surface area contributed by atoms with E-state index < -0.39 is 0 Å². The maximum absolute atomic E-state index is 12.5. The van der Waals surface area contributed by atoms with Gasteiger partial charge in [-0.3, -0.25) is 9.69 Å². The second-order valence-electron chi connectivity index (χ2n) is 8.41. The van der Waals surface area contributed by atoms with Crippen molar-refractivity contribution in [3.05, 3.63) is 42.6 Å². The van der Waals surface area contributed by atoms with Crippen LogP contribution in [0, 0.1) is 0 Å². The molecular formula is C23H32N6O. The van der Waals surface area contributed by atoms with Gasteiger partial charge in [0.15, 0.2) is 5.82 Å². The number of benzene rings is 1. The van der Waals surface area contributed by atoms with Gasteiger partial charge in [-0.15, -0.1) is 5.10 Å². The van der Waals surface area contributed by atoms with E-state index in [0.29, 0.717) is 12.6 Å². The van der Waals surface area contributed by atoms with E-state index in [-0.39, 0.29) is 5.91 Å². The van der Waals surface area contributed by atoms with E-state index in [1.165, 1.54) is 24.9 Å². The molecule has 2 saturated heterocycles. The summed E-state index contributed by atoms with van der Waals surface area (Å²) >= 11 is 0. The fraction of sp³-hybridized carbons (Fsp3) is 0.522. The van der Waals surface area contributed by atoms with E-state index in [2.05, 4.69) is 42.3 Å². The van der Waals surface area contributed by atoms with Gasteiger partial charge in [0.1, 0.15) is 0 Å². The Kier molecular flexibility index (Phi) is 6.79. The maximum atomic E-state index is 12.5. The number of hydrogen-bond acceptors (Lipinski definition) is 6. The van der Waals surface area contributed by atoms with Gasteiger partial charge in [0, 0.05) is 49.8 Å². The molecule has 0 radical (unpaired) electrons. The Balaban J connectivity index is 1.26. The monoisotopic (exact) mass is 408 g/mol. The summed E-state index contributed by atoms with van der Waals surface area (Å²) in [5.74, 6) is 0.943. The van der Waals surface area contributed by atoms with Crippen molar-refractivity contribution in [1.29, 1.82) is 0 Å². The summed E-state index contributed by atoms with van der Waals surface area (Å²) in [4.78, 5) is 19.4. The standard InChI is InChI=1S/C23H32N6O/c1-27(17-21-7-6-16-29(21)22-8-5-13-24-26-22)18-23(30)25-19-9-11-20(12-10-19)28-14-3-2-4-15-28/h5,8-13,21H,2-4,6-7,14-18H2,1H3,(H,25,30). The van der Waals surface area contributed by atoms with Crippen LogP contribution in [0.5, 0.6) is 0 Å². The van der Waals surface area contributed by atoms with Crippen LogP contribution in [-0.4, -0.2) is 66.8 Å². The highest BCUT2D eigenvalue weighted by molar-refractivity contribution is 5.92. The van der Waals surface area contributed by atoms with Crippen molar-refractivity contribution in [2.45, 2.75) is 38.1 Å². The number of rotatable bonds is 7. The van der Waals surface area contributed by atoms with Crippen LogP contribution in [0.2, 0.25) is 0 Å². The fourth-order valence-electron chi connectivity index (χ4n) is 4.55. The Morgan fingerprint density at radius 3 is 2.63 bits per heavy atom. The molecule has 2 aliphatic heterocycles. The van der Waals surface area contributed by atoms with Gasteiger partial charge < -0.3 is 15.1 Å². The number of carbonyl (C=O) groups is 1. The van der Waals surface area contributed by atoms with Crippen molar-refractivity contribution in [2.75, 3.05) is 54.9 Å². The molecular weight excluding hydrogens is 376 g/mol. The van der Waals surface area contributed by atoms with Crippen molar-refractivity contribution in [1.82, 2.24) is 15.1 Å². The highest BCUT2D eigenvalue weighted by Crippen LogP contribution is 2.24. The number of aromatic nitrogens is 2. The lowest BCUT2D eigenvalue weighted by Gasteiger charge is -2.29. The summed E-state index contributed by atoms with van der Waals surface area (Å²) in [5.41, 5.74) is 2.10. The first-order valence-corrected chi connectivity index (χ1v) is 11.1. The molecule has 2 aliphatic rings. The van der Waals surface area contributed by atoms with Crippen molar-refractivity contribution in [3.63, 3.8) is 0 Å². The smallest absolute Gasteiger partial charge is 0.238 e. The molecule has 1 aromatic carbocycles. The Morgan fingerprint density at radius 1 is 1.10 bits per heavy atom. The minimum Gasteiger partial charge on any atom is -0.372 e. The number of likely N-dealkylation sites (N-methyl/N-ethyl adjacent to an activating group) is 1. The zero-order chi connectivity index (χ0) is 20.8. The summed E-state index contributed by atoms with van der Waals surface area (Å²) in [5, 5.41) is 11.3. The van der Waals surface area contributed by atoms with Crippen molar-refractivity contribution in [3.8, 4) is 0 Å². The van der Waals surface area contributed by atoms with Crippen molar-refractivity contribution < 1.29 is 4.79 Å². The summed E-state index contributed by atoms with van der Waals surface area (Å²) in [6.07, 6.45) is 7.81. The van der Waals surface area contributed by atoms with E-state index in [1.807, 2.05) is 31.3 Å². The SMILES string of the molecule is CN(CC(=O)Nc1ccc(N2CCCCC2)cc1)CC1CCCN1c1cccnn1. The summed E-state index contributed by atoms with van der Waals surface area (Å²) in [7, 11) is 2.01. The van der Waals surface area contributed by atoms with Crippen molar-refractivity contribution in [2.24, 2.45) is 0 Å². The second-order valence-corrected chi connectivity index (χ2v) is 8.41. The molecule has 1 amide bonds. The molecule has 1 aromatic heterocycles. The minimum atomic E-state index is 0.0206. The number of nitrogens with one attached hydrogen (secondary N) is 1. The third kappa shape index (κ3) is 5.27. The number of hydrogen-bond donors (Lipinski definition) is 1. The first-order valence-electron chi connectivity index (χ1n) is 11.1. The quantitative estimate of drug-likeness (QED) is 0.760. The molecule has 1 atom stereocenters. The lowest BCUT2D eigenvalue weighted by atomic mass is 10.1. The van der Waals surface area contributed by atoms with Gasteiger partial charge in [0.2, 0.25) is 5.91 Å². The van der Waals surface area contributed by atoms with E-state index in [0.717, 1.165) is 50.5 Å². The fourth-order valence-corrected chi connectivity index (χ4v) is 4.55. The van der Waals surface area contributed by atoms with Gasteiger partial charge in [0.05, 0.1) is 6.54 Å². The van der Waals surface area contributed by atoms with Gasteiger partial charge in [-0.05, 0) is 75.5 Å². The number of nitrogens with zero attached hydrogens (tertiary/aromatic N) is 5. The summed E-state index contributed by atoms with van der Waals surface area (Å²) < 4.78 is 0. The third-order valence-electron chi connectivity index (χ3n) is 6.04. The normalized spacial score (nSPS) is 19.3. The second kappa shape index (κ2) is 9.89.